The molecule has 0 heterocycles. The minimum absolute atomic E-state index is 0.0628. The van der Waals surface area contributed by atoms with Crippen LogP contribution in [0, 0.1) is 6.92 Å². The van der Waals surface area contributed by atoms with Crippen LogP contribution in [-0.2, 0) is 6.42 Å². The van der Waals surface area contributed by atoms with Crippen LogP contribution >= 0.6 is 0 Å². The van der Waals surface area contributed by atoms with Crippen molar-refractivity contribution >= 4 is 0 Å². The first-order valence-corrected chi connectivity index (χ1v) is 3.81. The molecule has 0 bridgehead atoms. The van der Waals surface area contributed by atoms with Gasteiger partial charge in [-0.15, -0.1) is 0 Å². The second-order valence-electron chi connectivity index (χ2n) is 2.74. The molecule has 0 aromatic heterocycles. The molecule has 1 aromatic rings. The highest BCUT2D eigenvalue weighted by molar-refractivity contribution is 5.55. The number of aryl methyl sites for hydroxylation is 1. The van der Waals surface area contributed by atoms with E-state index in [0.717, 1.165) is 0 Å². The highest BCUT2D eigenvalue weighted by atomic mass is 16.3. The van der Waals surface area contributed by atoms with E-state index in [1.807, 2.05) is 0 Å². The van der Waals surface area contributed by atoms with E-state index in [1.54, 1.807) is 13.8 Å². The molecule has 66 valence electrons. The van der Waals surface area contributed by atoms with Gasteiger partial charge in [-0.1, -0.05) is 6.92 Å². The predicted octanol–water partition coefficient (Wildman–Crippen LogP) is 1.67. The fraction of sp³-hybridized carbons (Fsp3) is 0.333. The van der Waals surface area contributed by atoms with Gasteiger partial charge in [-0.2, -0.15) is 0 Å². The molecule has 0 unspecified atom stereocenters. The Hall–Kier alpha value is -1.38. The van der Waals surface area contributed by atoms with Crippen molar-refractivity contribution in [1.29, 1.82) is 0 Å². The third kappa shape index (κ3) is 1.18. The number of hydrogen-bond donors (Lipinski definition) is 3. The van der Waals surface area contributed by atoms with Gasteiger partial charge in [0.25, 0.3) is 0 Å². The van der Waals surface area contributed by atoms with Crippen LogP contribution < -0.4 is 0 Å². The molecule has 0 spiro atoms. The standard InChI is InChI=1S/C9H12O3/c1-3-6-8(11)5(2)4-7(10)9(6)12/h4,10-12H,3H2,1-2H3. The van der Waals surface area contributed by atoms with Crippen LogP contribution in [0.4, 0.5) is 0 Å². The van der Waals surface area contributed by atoms with Crippen molar-refractivity contribution in [2.75, 3.05) is 0 Å². The van der Waals surface area contributed by atoms with Crippen molar-refractivity contribution in [2.45, 2.75) is 20.3 Å². The fourth-order valence-electron chi connectivity index (χ4n) is 1.18. The topological polar surface area (TPSA) is 60.7 Å². The van der Waals surface area contributed by atoms with E-state index >= 15 is 0 Å². The van der Waals surface area contributed by atoms with E-state index in [2.05, 4.69) is 0 Å². The molecular weight excluding hydrogens is 156 g/mol. The Morgan fingerprint density at radius 1 is 1.17 bits per heavy atom. The van der Waals surface area contributed by atoms with E-state index in [-0.39, 0.29) is 17.2 Å². The highest BCUT2D eigenvalue weighted by Gasteiger charge is 2.12. The summed E-state index contributed by atoms with van der Waals surface area (Å²) in [7, 11) is 0. The van der Waals surface area contributed by atoms with E-state index in [4.69, 9.17) is 0 Å². The van der Waals surface area contributed by atoms with Crippen molar-refractivity contribution < 1.29 is 15.3 Å². The Morgan fingerprint density at radius 2 is 1.75 bits per heavy atom. The van der Waals surface area contributed by atoms with Crippen molar-refractivity contribution in [2.24, 2.45) is 0 Å². The highest BCUT2D eigenvalue weighted by Crippen LogP contribution is 2.37. The van der Waals surface area contributed by atoms with Gasteiger partial charge in [-0.3, -0.25) is 0 Å². The molecule has 0 saturated heterocycles. The smallest absolute Gasteiger partial charge is 0.164 e. The number of benzene rings is 1. The lowest BCUT2D eigenvalue weighted by molar-refractivity contribution is 0.388. The van der Waals surface area contributed by atoms with E-state index in [9.17, 15) is 15.3 Å². The van der Waals surface area contributed by atoms with Crippen LogP contribution in [0.15, 0.2) is 6.07 Å². The molecular formula is C9H12O3. The summed E-state index contributed by atoms with van der Waals surface area (Å²) in [6.45, 7) is 3.47. The van der Waals surface area contributed by atoms with Crippen molar-refractivity contribution in [1.82, 2.24) is 0 Å². The number of phenolic OH excluding ortho intramolecular Hbond substituents is 3. The Bertz CT molecular complexity index is 279. The van der Waals surface area contributed by atoms with Gasteiger partial charge in [-0.05, 0) is 25.0 Å². The maximum Gasteiger partial charge on any atom is 0.164 e. The van der Waals surface area contributed by atoms with Crippen LogP contribution in [0.3, 0.4) is 0 Å². The Morgan fingerprint density at radius 3 is 2.25 bits per heavy atom. The Kier molecular flexibility index (Phi) is 2.13. The van der Waals surface area contributed by atoms with Gasteiger partial charge in [0.1, 0.15) is 5.75 Å². The van der Waals surface area contributed by atoms with Gasteiger partial charge in [-0.25, -0.2) is 0 Å². The van der Waals surface area contributed by atoms with Gasteiger partial charge >= 0.3 is 0 Å². The number of hydrogen-bond acceptors (Lipinski definition) is 3. The van der Waals surface area contributed by atoms with E-state index < -0.39 is 0 Å². The van der Waals surface area contributed by atoms with Crippen molar-refractivity contribution in [3.05, 3.63) is 17.2 Å². The first-order valence-electron chi connectivity index (χ1n) is 3.81. The Labute approximate surface area is 70.9 Å². The summed E-state index contributed by atoms with van der Waals surface area (Å²) in [4.78, 5) is 0. The van der Waals surface area contributed by atoms with Crippen molar-refractivity contribution in [3.63, 3.8) is 0 Å². The van der Waals surface area contributed by atoms with Crippen molar-refractivity contribution in [3.8, 4) is 17.2 Å². The molecule has 0 aliphatic carbocycles. The van der Waals surface area contributed by atoms with Gasteiger partial charge in [0.15, 0.2) is 11.5 Å². The molecule has 3 nitrogen and oxygen atoms in total. The molecule has 3 N–H and O–H groups in total. The van der Waals surface area contributed by atoms with Gasteiger partial charge in [0.2, 0.25) is 0 Å². The molecule has 0 atom stereocenters. The summed E-state index contributed by atoms with van der Waals surface area (Å²) in [5.41, 5.74) is 0.967. The Balaban J connectivity index is 3.42. The first kappa shape index (κ1) is 8.71. The molecule has 0 radical (unpaired) electrons. The quantitative estimate of drug-likeness (QED) is 0.441. The third-order valence-electron chi connectivity index (χ3n) is 1.89. The maximum absolute atomic E-state index is 9.43. The summed E-state index contributed by atoms with van der Waals surface area (Å²) in [5.74, 6) is -0.337. The van der Waals surface area contributed by atoms with Crippen LogP contribution in [0.5, 0.6) is 17.2 Å². The molecule has 0 fully saturated rings. The van der Waals surface area contributed by atoms with Gasteiger partial charge in [0, 0.05) is 5.56 Å². The molecule has 0 aliphatic rings. The maximum atomic E-state index is 9.43. The minimum Gasteiger partial charge on any atom is -0.507 e. The molecule has 0 saturated carbocycles. The first-order chi connectivity index (χ1) is 5.57. The number of rotatable bonds is 1. The fourth-order valence-corrected chi connectivity index (χ4v) is 1.18. The van der Waals surface area contributed by atoms with Crippen LogP contribution in [0.1, 0.15) is 18.1 Å². The molecule has 1 rings (SSSR count). The summed E-state index contributed by atoms with van der Waals surface area (Å²) in [6.07, 6.45) is 0.493. The number of phenols is 3. The second-order valence-corrected chi connectivity index (χ2v) is 2.74. The molecule has 1 aromatic carbocycles. The summed E-state index contributed by atoms with van der Waals surface area (Å²) in [5, 5.41) is 27.9. The number of aromatic hydroxyl groups is 3. The second kappa shape index (κ2) is 2.93. The zero-order chi connectivity index (χ0) is 9.30. The van der Waals surface area contributed by atoms with Crippen LogP contribution in [0.2, 0.25) is 0 Å². The average molecular weight is 168 g/mol. The largest absolute Gasteiger partial charge is 0.507 e. The van der Waals surface area contributed by atoms with Crippen LogP contribution in [-0.4, -0.2) is 15.3 Å². The summed E-state index contributed by atoms with van der Waals surface area (Å²) < 4.78 is 0. The summed E-state index contributed by atoms with van der Waals surface area (Å²) in [6, 6.07) is 1.34. The summed E-state index contributed by atoms with van der Waals surface area (Å²) >= 11 is 0. The lowest BCUT2D eigenvalue weighted by Gasteiger charge is -2.08. The van der Waals surface area contributed by atoms with Gasteiger partial charge < -0.3 is 15.3 Å². The lowest BCUT2D eigenvalue weighted by atomic mass is 10.1. The SMILES string of the molecule is CCc1c(O)c(C)cc(O)c1O. The van der Waals surface area contributed by atoms with Gasteiger partial charge in [0.05, 0.1) is 0 Å². The minimum atomic E-state index is -0.222. The van der Waals surface area contributed by atoms with E-state index in [0.29, 0.717) is 17.5 Å². The zero-order valence-electron chi connectivity index (χ0n) is 7.13. The van der Waals surface area contributed by atoms with Crippen LogP contribution in [0.25, 0.3) is 0 Å². The molecule has 0 aliphatic heterocycles. The normalized spacial score (nSPS) is 10.2. The third-order valence-corrected chi connectivity index (χ3v) is 1.89. The lowest BCUT2D eigenvalue weighted by Crippen LogP contribution is -1.86. The molecule has 3 heteroatoms. The zero-order valence-corrected chi connectivity index (χ0v) is 7.13. The predicted molar refractivity (Wildman–Crippen MR) is 45.6 cm³/mol. The monoisotopic (exact) mass is 168 g/mol. The molecule has 12 heavy (non-hydrogen) atoms. The average Bonchev–Trinajstić information content (AvgIpc) is 2.02. The van der Waals surface area contributed by atoms with E-state index in [1.165, 1.54) is 6.07 Å². The molecule has 0 amide bonds.